The fourth-order valence-corrected chi connectivity index (χ4v) is 2.75. The second kappa shape index (κ2) is 5.76. The monoisotopic (exact) mass is 304 g/mol. The lowest BCUT2D eigenvalue weighted by Crippen LogP contribution is -2.37. The lowest BCUT2D eigenvalue weighted by atomic mass is 9.99. The first-order valence-electron chi connectivity index (χ1n) is 7.11. The Morgan fingerprint density at radius 2 is 2.18 bits per heavy atom. The van der Waals surface area contributed by atoms with Gasteiger partial charge in [-0.1, -0.05) is 0 Å². The summed E-state index contributed by atoms with van der Waals surface area (Å²) in [6.45, 7) is 0.497. The van der Waals surface area contributed by atoms with Gasteiger partial charge < -0.3 is 9.64 Å². The summed E-state index contributed by atoms with van der Waals surface area (Å²) in [7, 11) is 0. The van der Waals surface area contributed by atoms with E-state index in [1.807, 2.05) is 6.07 Å². The van der Waals surface area contributed by atoms with Gasteiger partial charge >= 0.3 is 0 Å². The van der Waals surface area contributed by atoms with Crippen LogP contribution in [0.4, 0.5) is 8.78 Å². The zero-order chi connectivity index (χ0) is 15.7. The highest BCUT2D eigenvalue weighted by Crippen LogP contribution is 2.37. The third-order valence-electron chi connectivity index (χ3n) is 3.83. The molecule has 0 spiro atoms. The summed E-state index contributed by atoms with van der Waals surface area (Å²) in [6, 6.07) is 6.61. The van der Waals surface area contributed by atoms with Gasteiger partial charge in [0.15, 0.2) is 6.10 Å². The average Bonchev–Trinajstić information content (AvgIpc) is 2.53. The molecule has 114 valence electrons. The molecule has 0 saturated carbocycles. The second-order valence-corrected chi connectivity index (χ2v) is 5.29. The quantitative estimate of drug-likeness (QED) is 0.844. The van der Waals surface area contributed by atoms with E-state index in [-0.39, 0.29) is 11.7 Å². The van der Waals surface area contributed by atoms with E-state index in [0.717, 1.165) is 12.8 Å². The Morgan fingerprint density at radius 3 is 2.86 bits per heavy atom. The molecule has 6 heteroatoms. The van der Waals surface area contributed by atoms with E-state index in [9.17, 15) is 13.6 Å². The fraction of sp³-hybridized carbons (Fsp3) is 0.375. The molecule has 4 nitrogen and oxygen atoms in total. The van der Waals surface area contributed by atoms with Crippen molar-refractivity contribution in [1.82, 2.24) is 4.90 Å². The van der Waals surface area contributed by atoms with Gasteiger partial charge in [-0.15, -0.1) is 0 Å². The third kappa shape index (κ3) is 2.54. The van der Waals surface area contributed by atoms with E-state index in [1.165, 1.54) is 23.1 Å². The van der Waals surface area contributed by atoms with Crippen molar-refractivity contribution in [2.45, 2.75) is 31.8 Å². The van der Waals surface area contributed by atoms with Gasteiger partial charge in [0.05, 0.1) is 17.3 Å². The molecule has 0 N–H and O–H groups in total. The van der Waals surface area contributed by atoms with Crippen LogP contribution >= 0.6 is 0 Å². The fourth-order valence-electron chi connectivity index (χ4n) is 2.75. The molecule has 1 saturated heterocycles. The normalized spacial score (nSPS) is 21.0. The molecule has 0 bridgehead atoms. The number of likely N-dealkylation sites (tertiary alicyclic amines) is 1. The minimum Gasteiger partial charge on any atom is -0.480 e. The molecule has 3 rings (SSSR count). The number of nitriles is 1. The Labute approximate surface area is 126 Å². The topological polar surface area (TPSA) is 53.3 Å². The first-order chi connectivity index (χ1) is 10.6. The molecule has 1 unspecified atom stereocenters. The lowest BCUT2D eigenvalue weighted by molar-refractivity contribution is -0.129. The highest BCUT2D eigenvalue weighted by Gasteiger charge is 2.32. The number of hydrogen-bond donors (Lipinski definition) is 0. The summed E-state index contributed by atoms with van der Waals surface area (Å²) in [5.41, 5.74) is 1.34. The summed E-state index contributed by atoms with van der Waals surface area (Å²) < 4.78 is 31.4. The molecule has 2 aliphatic rings. The number of nitrogens with zero attached hydrogens (tertiary/aromatic N) is 2. The molecule has 1 aromatic carbocycles. The van der Waals surface area contributed by atoms with E-state index < -0.39 is 12.5 Å². The molecule has 1 amide bonds. The van der Waals surface area contributed by atoms with Gasteiger partial charge in [-0.2, -0.15) is 5.26 Å². The van der Waals surface area contributed by atoms with Crippen molar-refractivity contribution in [2.24, 2.45) is 0 Å². The van der Waals surface area contributed by atoms with Crippen molar-refractivity contribution in [3.05, 3.63) is 35.4 Å². The van der Waals surface area contributed by atoms with Crippen LogP contribution in [0.1, 0.15) is 30.4 Å². The highest BCUT2D eigenvalue weighted by molar-refractivity contribution is 5.89. The number of piperidine rings is 1. The maximum atomic E-state index is 13.1. The van der Waals surface area contributed by atoms with E-state index in [4.69, 9.17) is 10.00 Å². The number of rotatable bonds is 2. The number of fused-ring (bicyclic) bond motifs is 1. The van der Waals surface area contributed by atoms with Crippen molar-refractivity contribution in [1.29, 1.82) is 5.26 Å². The average molecular weight is 304 g/mol. The molecule has 22 heavy (non-hydrogen) atoms. The van der Waals surface area contributed by atoms with Crippen LogP contribution in [0, 0.1) is 11.3 Å². The van der Waals surface area contributed by atoms with Crippen molar-refractivity contribution in [2.75, 3.05) is 6.54 Å². The van der Waals surface area contributed by atoms with Crippen LogP contribution in [0.15, 0.2) is 24.3 Å². The molecule has 2 aliphatic heterocycles. The van der Waals surface area contributed by atoms with Crippen molar-refractivity contribution >= 4 is 11.6 Å². The Bertz CT molecular complexity index is 679. The number of amides is 1. The summed E-state index contributed by atoms with van der Waals surface area (Å²) >= 11 is 0. The summed E-state index contributed by atoms with van der Waals surface area (Å²) in [5, 5.41) is 9.02. The number of carbonyl (C=O) groups is 1. The summed E-state index contributed by atoms with van der Waals surface area (Å²) in [6.07, 6.45) is -0.731. The minimum atomic E-state index is -2.68. The Hall–Kier alpha value is -2.42. The van der Waals surface area contributed by atoms with Gasteiger partial charge in [0.2, 0.25) is 5.91 Å². The van der Waals surface area contributed by atoms with Crippen LogP contribution < -0.4 is 4.74 Å². The van der Waals surface area contributed by atoms with E-state index in [1.54, 1.807) is 6.07 Å². The largest absolute Gasteiger partial charge is 0.480 e. The van der Waals surface area contributed by atoms with Crippen LogP contribution in [0.2, 0.25) is 0 Å². The predicted octanol–water partition coefficient (Wildman–Crippen LogP) is 2.94. The molecular weight excluding hydrogens is 290 g/mol. The van der Waals surface area contributed by atoms with Crippen molar-refractivity contribution in [3.63, 3.8) is 0 Å². The van der Waals surface area contributed by atoms with E-state index >= 15 is 0 Å². The molecule has 0 aliphatic carbocycles. The van der Waals surface area contributed by atoms with Crippen molar-refractivity contribution < 1.29 is 18.3 Å². The maximum absolute atomic E-state index is 13.1. The van der Waals surface area contributed by atoms with Gasteiger partial charge in [-0.25, -0.2) is 8.78 Å². The molecule has 0 radical (unpaired) electrons. The van der Waals surface area contributed by atoms with E-state index in [2.05, 4.69) is 0 Å². The number of benzene rings is 1. The van der Waals surface area contributed by atoms with Crippen LogP contribution in [0.25, 0.3) is 5.70 Å². The third-order valence-corrected chi connectivity index (χ3v) is 3.83. The molecule has 1 aromatic rings. The highest BCUT2D eigenvalue weighted by atomic mass is 19.3. The number of hydrogen-bond acceptors (Lipinski definition) is 3. The zero-order valence-corrected chi connectivity index (χ0v) is 11.8. The molecule has 2 heterocycles. The lowest BCUT2D eigenvalue weighted by Gasteiger charge is -2.34. The Morgan fingerprint density at radius 1 is 1.36 bits per heavy atom. The molecule has 1 atom stereocenters. The second-order valence-electron chi connectivity index (χ2n) is 5.29. The standard InChI is InChI=1S/C16H14F2N2O2/c17-16(18)14-8-12(20-6-2-1-3-15(20)21)11-7-10(9-19)4-5-13(11)22-14/h4-5,7-8,14,16H,1-3,6H2. The smallest absolute Gasteiger partial charge is 0.278 e. The number of ether oxygens (including phenoxy) is 1. The Kier molecular flexibility index (Phi) is 3.80. The van der Waals surface area contributed by atoms with Gasteiger partial charge in [0.25, 0.3) is 6.43 Å². The van der Waals surface area contributed by atoms with Crippen molar-refractivity contribution in [3.8, 4) is 11.8 Å². The van der Waals surface area contributed by atoms with Gasteiger partial charge in [-0.05, 0) is 37.1 Å². The molecule has 1 fully saturated rings. The van der Waals surface area contributed by atoms with Gasteiger partial charge in [0.1, 0.15) is 5.75 Å². The van der Waals surface area contributed by atoms with Gasteiger partial charge in [0, 0.05) is 18.5 Å². The molecular formula is C16H14F2N2O2. The first kappa shape index (κ1) is 14.5. The molecule has 0 aromatic heterocycles. The van der Waals surface area contributed by atoms with Gasteiger partial charge in [-0.3, -0.25) is 4.79 Å². The predicted molar refractivity (Wildman–Crippen MR) is 75.1 cm³/mol. The number of alkyl halides is 2. The zero-order valence-electron chi connectivity index (χ0n) is 11.8. The number of halogens is 2. The van der Waals surface area contributed by atoms with Crippen LogP contribution in [-0.4, -0.2) is 29.9 Å². The number of carbonyl (C=O) groups excluding carboxylic acids is 1. The SMILES string of the molecule is N#Cc1ccc2c(c1)C(N1CCCCC1=O)=CC(C(F)F)O2. The van der Waals surface area contributed by atoms with Crippen LogP contribution in [0.3, 0.4) is 0 Å². The first-order valence-corrected chi connectivity index (χ1v) is 7.11. The minimum absolute atomic E-state index is 0.0827. The van der Waals surface area contributed by atoms with E-state index in [0.29, 0.717) is 29.8 Å². The summed E-state index contributed by atoms with van der Waals surface area (Å²) in [4.78, 5) is 13.7. The summed E-state index contributed by atoms with van der Waals surface area (Å²) in [5.74, 6) is 0.195. The Balaban J connectivity index is 2.07. The van der Waals surface area contributed by atoms with Crippen LogP contribution in [0.5, 0.6) is 5.75 Å². The maximum Gasteiger partial charge on any atom is 0.278 e. The van der Waals surface area contributed by atoms with Crippen LogP contribution in [-0.2, 0) is 4.79 Å².